The molecular formula is C15H26N2O. The summed E-state index contributed by atoms with van der Waals surface area (Å²) in [7, 11) is 0. The smallest absolute Gasteiger partial charge is 0.0988 e. The fourth-order valence-corrected chi connectivity index (χ4v) is 2.70. The minimum Gasteiger partial charge on any atom is -0.377 e. The Labute approximate surface area is 111 Å². The number of ether oxygens (including phenoxy) is 1. The summed E-state index contributed by atoms with van der Waals surface area (Å²) in [5, 5.41) is 4.49. The molecule has 102 valence electrons. The quantitative estimate of drug-likeness (QED) is 0.654. The van der Waals surface area contributed by atoms with Gasteiger partial charge in [0.2, 0.25) is 0 Å². The molecule has 0 aromatic carbocycles. The van der Waals surface area contributed by atoms with Crippen LogP contribution in [0.15, 0.2) is 12.3 Å². The van der Waals surface area contributed by atoms with Crippen molar-refractivity contribution >= 4 is 0 Å². The molecule has 1 aliphatic heterocycles. The predicted molar refractivity (Wildman–Crippen MR) is 73.9 cm³/mol. The second kappa shape index (κ2) is 6.93. The maximum atomic E-state index is 5.28. The number of unbranched alkanes of at least 4 members (excludes halogenated alkanes) is 3. The van der Waals surface area contributed by atoms with E-state index in [0.29, 0.717) is 12.0 Å². The van der Waals surface area contributed by atoms with E-state index >= 15 is 0 Å². The van der Waals surface area contributed by atoms with Gasteiger partial charge < -0.3 is 4.74 Å². The van der Waals surface area contributed by atoms with Crippen molar-refractivity contribution in [3.05, 3.63) is 18.0 Å². The Morgan fingerprint density at radius 3 is 2.78 bits per heavy atom. The van der Waals surface area contributed by atoms with Crippen molar-refractivity contribution in [3.63, 3.8) is 0 Å². The third-order valence-electron chi connectivity index (χ3n) is 3.98. The summed E-state index contributed by atoms with van der Waals surface area (Å²) in [5.74, 6) is 0.671. The molecule has 3 nitrogen and oxygen atoms in total. The molecule has 1 aromatic rings. The molecule has 1 atom stereocenters. The maximum Gasteiger partial charge on any atom is 0.0988 e. The highest BCUT2D eigenvalue weighted by Gasteiger charge is 2.25. The number of nitrogens with zero attached hydrogens (tertiary/aromatic N) is 2. The molecule has 0 radical (unpaired) electrons. The molecule has 1 saturated heterocycles. The molecule has 0 bridgehead atoms. The van der Waals surface area contributed by atoms with Crippen molar-refractivity contribution < 1.29 is 4.74 Å². The van der Waals surface area contributed by atoms with E-state index in [1.807, 2.05) is 6.20 Å². The third kappa shape index (κ3) is 3.14. The molecule has 0 N–H and O–H groups in total. The fraction of sp³-hybridized carbons (Fsp3) is 0.800. The fourth-order valence-electron chi connectivity index (χ4n) is 2.70. The van der Waals surface area contributed by atoms with Gasteiger partial charge in [0.05, 0.1) is 19.3 Å². The van der Waals surface area contributed by atoms with E-state index in [4.69, 9.17) is 4.74 Å². The number of hydrogen-bond acceptors (Lipinski definition) is 2. The van der Waals surface area contributed by atoms with Crippen molar-refractivity contribution in [2.75, 3.05) is 13.2 Å². The lowest BCUT2D eigenvalue weighted by Crippen LogP contribution is -2.32. The molecule has 3 heteroatoms. The van der Waals surface area contributed by atoms with E-state index in [1.165, 1.54) is 44.2 Å². The lowest BCUT2D eigenvalue weighted by atomic mass is 9.94. The zero-order valence-electron chi connectivity index (χ0n) is 11.8. The second-order valence-electron chi connectivity index (χ2n) is 5.35. The third-order valence-corrected chi connectivity index (χ3v) is 3.98. The Balaban J connectivity index is 1.92. The van der Waals surface area contributed by atoms with Crippen LogP contribution in [0.25, 0.3) is 0 Å². The normalized spacial score (nSPS) is 17.7. The average Bonchev–Trinajstić information content (AvgIpc) is 2.76. The van der Waals surface area contributed by atoms with Crippen LogP contribution in [0.4, 0.5) is 0 Å². The van der Waals surface area contributed by atoms with E-state index in [-0.39, 0.29) is 0 Å². The van der Waals surface area contributed by atoms with E-state index in [9.17, 15) is 0 Å². The molecule has 2 heterocycles. The van der Waals surface area contributed by atoms with Crippen molar-refractivity contribution in [1.82, 2.24) is 9.78 Å². The molecule has 18 heavy (non-hydrogen) atoms. The summed E-state index contributed by atoms with van der Waals surface area (Å²) in [5.41, 5.74) is 1.42. The lowest BCUT2D eigenvalue weighted by Gasteiger charge is -2.29. The zero-order chi connectivity index (χ0) is 12.8. The molecule has 2 rings (SSSR count). The van der Waals surface area contributed by atoms with Gasteiger partial charge >= 0.3 is 0 Å². The van der Waals surface area contributed by atoms with Crippen molar-refractivity contribution in [2.24, 2.45) is 0 Å². The molecule has 1 unspecified atom stereocenters. The highest BCUT2D eigenvalue weighted by atomic mass is 16.5. The first-order chi connectivity index (χ1) is 8.86. The van der Waals surface area contributed by atoms with Crippen LogP contribution in [0.3, 0.4) is 0 Å². The van der Waals surface area contributed by atoms with Gasteiger partial charge in [-0.05, 0) is 18.9 Å². The Hall–Kier alpha value is -0.830. The summed E-state index contributed by atoms with van der Waals surface area (Å²) in [6, 6.07) is 2.69. The van der Waals surface area contributed by atoms with Crippen LogP contribution in [0.2, 0.25) is 0 Å². The SMILES string of the molecule is CCCCCCC(CC)c1ccnn1C1COC1. The minimum absolute atomic E-state index is 0.486. The van der Waals surface area contributed by atoms with Gasteiger partial charge in [-0.1, -0.05) is 39.5 Å². The minimum atomic E-state index is 0.486. The number of aromatic nitrogens is 2. The highest BCUT2D eigenvalue weighted by molar-refractivity contribution is 5.09. The molecule has 0 aliphatic carbocycles. The molecule has 0 amide bonds. The molecular weight excluding hydrogens is 224 g/mol. The van der Waals surface area contributed by atoms with Crippen molar-refractivity contribution in [3.8, 4) is 0 Å². The summed E-state index contributed by atoms with van der Waals surface area (Å²) in [4.78, 5) is 0. The van der Waals surface area contributed by atoms with Gasteiger partial charge in [0, 0.05) is 17.8 Å². The van der Waals surface area contributed by atoms with E-state index < -0.39 is 0 Å². The standard InChI is InChI=1S/C15H26N2O/c1-3-5-6-7-8-13(4-2)15-9-10-16-17(15)14-11-18-12-14/h9-10,13-14H,3-8,11-12H2,1-2H3. The summed E-state index contributed by atoms with van der Waals surface area (Å²) in [6.45, 7) is 6.23. The van der Waals surface area contributed by atoms with Crippen LogP contribution in [0.5, 0.6) is 0 Å². The van der Waals surface area contributed by atoms with Crippen LogP contribution >= 0.6 is 0 Å². The average molecular weight is 250 g/mol. The lowest BCUT2D eigenvalue weighted by molar-refractivity contribution is -0.0303. The molecule has 1 aliphatic rings. The van der Waals surface area contributed by atoms with E-state index in [1.54, 1.807) is 0 Å². The largest absolute Gasteiger partial charge is 0.377 e. The molecule has 1 fully saturated rings. The van der Waals surface area contributed by atoms with Crippen molar-refractivity contribution in [2.45, 2.75) is 64.3 Å². The van der Waals surface area contributed by atoms with Crippen LogP contribution in [-0.4, -0.2) is 23.0 Å². The topological polar surface area (TPSA) is 27.1 Å². The van der Waals surface area contributed by atoms with Crippen LogP contribution < -0.4 is 0 Å². The Morgan fingerprint density at radius 1 is 1.33 bits per heavy atom. The Morgan fingerprint density at radius 2 is 2.17 bits per heavy atom. The van der Waals surface area contributed by atoms with Crippen LogP contribution in [-0.2, 0) is 4.74 Å². The van der Waals surface area contributed by atoms with Gasteiger partial charge in [-0.15, -0.1) is 0 Å². The van der Waals surface area contributed by atoms with Gasteiger partial charge in [-0.3, -0.25) is 4.68 Å². The zero-order valence-corrected chi connectivity index (χ0v) is 11.8. The van der Waals surface area contributed by atoms with Gasteiger partial charge in [0.25, 0.3) is 0 Å². The van der Waals surface area contributed by atoms with Gasteiger partial charge in [-0.2, -0.15) is 5.10 Å². The molecule has 0 saturated carbocycles. The second-order valence-corrected chi connectivity index (χ2v) is 5.35. The summed E-state index contributed by atoms with van der Waals surface area (Å²) in [6.07, 6.45) is 9.86. The Kier molecular flexibility index (Phi) is 5.24. The molecule has 0 spiro atoms. The van der Waals surface area contributed by atoms with Gasteiger partial charge in [0.1, 0.15) is 0 Å². The number of hydrogen-bond donors (Lipinski definition) is 0. The monoisotopic (exact) mass is 250 g/mol. The Bertz CT molecular complexity index is 344. The van der Waals surface area contributed by atoms with Gasteiger partial charge in [-0.25, -0.2) is 0 Å². The molecule has 1 aromatic heterocycles. The summed E-state index contributed by atoms with van der Waals surface area (Å²) < 4.78 is 7.49. The van der Waals surface area contributed by atoms with Crippen molar-refractivity contribution in [1.29, 1.82) is 0 Å². The summed E-state index contributed by atoms with van der Waals surface area (Å²) >= 11 is 0. The van der Waals surface area contributed by atoms with E-state index in [2.05, 4.69) is 29.7 Å². The highest BCUT2D eigenvalue weighted by Crippen LogP contribution is 2.29. The first-order valence-corrected chi connectivity index (χ1v) is 7.48. The van der Waals surface area contributed by atoms with Crippen LogP contribution in [0, 0.1) is 0 Å². The number of rotatable bonds is 8. The van der Waals surface area contributed by atoms with Crippen LogP contribution in [0.1, 0.15) is 70.0 Å². The predicted octanol–water partition coefficient (Wildman–Crippen LogP) is 3.92. The van der Waals surface area contributed by atoms with E-state index in [0.717, 1.165) is 13.2 Å². The maximum absolute atomic E-state index is 5.28. The van der Waals surface area contributed by atoms with Gasteiger partial charge in [0.15, 0.2) is 0 Å². The first-order valence-electron chi connectivity index (χ1n) is 7.48. The first kappa shape index (κ1) is 13.6.